The molecule has 10 heteroatoms. The topological polar surface area (TPSA) is 111 Å². The average Bonchev–Trinajstić information content (AvgIpc) is 2.70. The summed E-state index contributed by atoms with van der Waals surface area (Å²) >= 11 is 5.95. The number of sulfone groups is 1. The van der Waals surface area contributed by atoms with Gasteiger partial charge in [0.15, 0.2) is 21.3 Å². The molecule has 0 spiro atoms. The second kappa shape index (κ2) is 10.5. The van der Waals surface area contributed by atoms with Crippen molar-refractivity contribution in [3.63, 3.8) is 0 Å². The summed E-state index contributed by atoms with van der Waals surface area (Å²) in [4.78, 5) is 25.0. The SMILES string of the molecule is CCC(C(=O)Nc1cc(Cl)ccc1C)S(=O)(=O)CC(=O)Nc1ccc(OC)c(OC)c1. The number of halogens is 1. The van der Waals surface area contributed by atoms with Gasteiger partial charge in [0.25, 0.3) is 0 Å². The summed E-state index contributed by atoms with van der Waals surface area (Å²) in [7, 11) is -1.16. The van der Waals surface area contributed by atoms with Crippen LogP contribution in [0.15, 0.2) is 36.4 Å². The van der Waals surface area contributed by atoms with Crippen molar-refractivity contribution >= 4 is 44.6 Å². The number of ether oxygens (including phenoxy) is 2. The Bertz CT molecular complexity index is 1070. The van der Waals surface area contributed by atoms with Gasteiger partial charge in [-0.3, -0.25) is 9.59 Å². The third-order valence-corrected chi connectivity index (χ3v) is 6.87. The molecule has 0 saturated carbocycles. The number of benzene rings is 2. The Labute approximate surface area is 186 Å². The molecule has 0 bridgehead atoms. The van der Waals surface area contributed by atoms with Crippen LogP contribution in [0.2, 0.25) is 5.02 Å². The van der Waals surface area contributed by atoms with Crippen molar-refractivity contribution in [2.45, 2.75) is 25.5 Å². The fourth-order valence-corrected chi connectivity index (χ4v) is 4.64. The van der Waals surface area contributed by atoms with E-state index in [0.29, 0.717) is 27.9 Å². The average molecular weight is 469 g/mol. The number of nitrogens with one attached hydrogen (secondary N) is 2. The molecule has 8 nitrogen and oxygen atoms in total. The van der Waals surface area contributed by atoms with Gasteiger partial charge < -0.3 is 20.1 Å². The van der Waals surface area contributed by atoms with E-state index in [2.05, 4.69) is 10.6 Å². The van der Waals surface area contributed by atoms with Crippen LogP contribution >= 0.6 is 11.6 Å². The predicted molar refractivity (Wildman–Crippen MR) is 121 cm³/mol. The van der Waals surface area contributed by atoms with Crippen LogP contribution in [0.5, 0.6) is 11.5 Å². The van der Waals surface area contributed by atoms with Crippen LogP contribution in [0.4, 0.5) is 11.4 Å². The Morgan fingerprint density at radius 1 is 1.03 bits per heavy atom. The Kier molecular flexibility index (Phi) is 8.29. The first-order chi connectivity index (χ1) is 14.6. The summed E-state index contributed by atoms with van der Waals surface area (Å²) < 4.78 is 35.8. The normalized spacial score (nSPS) is 12.0. The number of carbonyl (C=O) groups is 2. The van der Waals surface area contributed by atoms with Crippen LogP contribution < -0.4 is 20.1 Å². The van der Waals surface area contributed by atoms with Gasteiger partial charge >= 0.3 is 0 Å². The first-order valence-corrected chi connectivity index (χ1v) is 11.5. The third-order valence-electron chi connectivity index (χ3n) is 4.55. The maximum absolute atomic E-state index is 12.8. The monoisotopic (exact) mass is 468 g/mol. The number of aryl methyl sites for hydroxylation is 1. The number of methoxy groups -OCH3 is 2. The van der Waals surface area contributed by atoms with Gasteiger partial charge in [-0.1, -0.05) is 24.6 Å². The Balaban J connectivity index is 2.12. The lowest BCUT2D eigenvalue weighted by Gasteiger charge is -2.17. The number of rotatable bonds is 9. The molecule has 0 aliphatic rings. The molecule has 0 aromatic heterocycles. The quantitative estimate of drug-likeness (QED) is 0.583. The van der Waals surface area contributed by atoms with Gasteiger partial charge in [-0.25, -0.2) is 8.42 Å². The second-order valence-electron chi connectivity index (χ2n) is 6.77. The molecule has 2 aromatic rings. The van der Waals surface area contributed by atoms with Crippen molar-refractivity contribution in [3.8, 4) is 11.5 Å². The molecule has 0 aliphatic heterocycles. The minimum atomic E-state index is -4.08. The van der Waals surface area contributed by atoms with Crippen molar-refractivity contribution in [2.75, 3.05) is 30.6 Å². The van der Waals surface area contributed by atoms with E-state index in [4.69, 9.17) is 21.1 Å². The van der Waals surface area contributed by atoms with Crippen molar-refractivity contribution in [1.29, 1.82) is 0 Å². The Morgan fingerprint density at radius 3 is 2.32 bits per heavy atom. The number of carbonyl (C=O) groups excluding carboxylic acids is 2. The smallest absolute Gasteiger partial charge is 0.242 e. The van der Waals surface area contributed by atoms with E-state index < -0.39 is 32.7 Å². The van der Waals surface area contributed by atoms with Crippen LogP contribution in [0.25, 0.3) is 0 Å². The van der Waals surface area contributed by atoms with Gasteiger partial charge in [-0.15, -0.1) is 0 Å². The molecule has 0 saturated heterocycles. The highest BCUT2D eigenvalue weighted by atomic mass is 35.5. The fraction of sp³-hybridized carbons (Fsp3) is 0.333. The van der Waals surface area contributed by atoms with E-state index in [1.807, 2.05) is 0 Å². The van der Waals surface area contributed by atoms with Crippen LogP contribution in [-0.4, -0.2) is 45.5 Å². The van der Waals surface area contributed by atoms with E-state index in [1.165, 1.54) is 26.4 Å². The van der Waals surface area contributed by atoms with Gasteiger partial charge in [-0.2, -0.15) is 0 Å². The molecule has 0 heterocycles. The molecule has 2 rings (SSSR count). The zero-order valence-electron chi connectivity index (χ0n) is 17.7. The largest absolute Gasteiger partial charge is 0.493 e. The molecule has 168 valence electrons. The number of hydrogen-bond acceptors (Lipinski definition) is 6. The molecular weight excluding hydrogens is 444 g/mol. The molecule has 2 aromatic carbocycles. The van der Waals surface area contributed by atoms with Crippen LogP contribution in [-0.2, 0) is 19.4 Å². The lowest BCUT2D eigenvalue weighted by atomic mass is 10.2. The lowest BCUT2D eigenvalue weighted by molar-refractivity contribution is -0.115. The van der Waals surface area contributed by atoms with Crippen LogP contribution in [0.3, 0.4) is 0 Å². The predicted octanol–water partition coefficient (Wildman–Crippen LogP) is 3.44. The van der Waals surface area contributed by atoms with Crippen LogP contribution in [0, 0.1) is 6.92 Å². The maximum Gasteiger partial charge on any atom is 0.242 e. The first-order valence-electron chi connectivity index (χ1n) is 9.41. The highest BCUT2D eigenvalue weighted by Crippen LogP contribution is 2.29. The summed E-state index contributed by atoms with van der Waals surface area (Å²) in [5.74, 6) is -1.48. The molecule has 1 unspecified atom stereocenters. The van der Waals surface area contributed by atoms with E-state index in [9.17, 15) is 18.0 Å². The van der Waals surface area contributed by atoms with Crippen molar-refractivity contribution < 1.29 is 27.5 Å². The van der Waals surface area contributed by atoms with Crippen LogP contribution in [0.1, 0.15) is 18.9 Å². The van der Waals surface area contributed by atoms with Crippen molar-refractivity contribution in [1.82, 2.24) is 0 Å². The lowest BCUT2D eigenvalue weighted by Crippen LogP contribution is -2.39. The third kappa shape index (κ3) is 6.35. The van der Waals surface area contributed by atoms with E-state index in [-0.39, 0.29) is 6.42 Å². The Morgan fingerprint density at radius 2 is 1.71 bits per heavy atom. The Hall–Kier alpha value is -2.78. The van der Waals surface area contributed by atoms with E-state index >= 15 is 0 Å². The molecular formula is C21H25ClN2O6S. The molecule has 0 fully saturated rings. The van der Waals surface area contributed by atoms with E-state index in [0.717, 1.165) is 5.56 Å². The second-order valence-corrected chi connectivity index (χ2v) is 9.39. The fourth-order valence-electron chi connectivity index (χ4n) is 2.94. The maximum atomic E-state index is 12.8. The van der Waals surface area contributed by atoms with Gasteiger partial charge in [0.05, 0.1) is 14.2 Å². The van der Waals surface area contributed by atoms with Crippen molar-refractivity contribution in [3.05, 3.63) is 47.0 Å². The van der Waals surface area contributed by atoms with Gasteiger partial charge in [0, 0.05) is 22.5 Å². The number of anilines is 2. The number of hydrogen-bond donors (Lipinski definition) is 2. The first kappa shape index (κ1) is 24.5. The molecule has 31 heavy (non-hydrogen) atoms. The zero-order chi connectivity index (χ0) is 23.2. The number of amides is 2. The van der Waals surface area contributed by atoms with Gasteiger partial charge in [-0.05, 0) is 43.2 Å². The highest BCUT2D eigenvalue weighted by molar-refractivity contribution is 7.93. The summed E-state index contributed by atoms with van der Waals surface area (Å²) in [6.07, 6.45) is 0.0113. The van der Waals surface area contributed by atoms with Gasteiger partial charge in [0.2, 0.25) is 11.8 Å². The highest BCUT2D eigenvalue weighted by Gasteiger charge is 2.33. The molecule has 0 aliphatic carbocycles. The zero-order valence-corrected chi connectivity index (χ0v) is 19.3. The summed E-state index contributed by atoms with van der Waals surface area (Å²) in [6, 6.07) is 9.56. The molecule has 0 radical (unpaired) electrons. The molecule has 2 N–H and O–H groups in total. The molecule has 2 amide bonds. The summed E-state index contributed by atoms with van der Waals surface area (Å²) in [5, 5.41) is 4.12. The van der Waals surface area contributed by atoms with Gasteiger partial charge in [0.1, 0.15) is 11.0 Å². The standard InChI is InChI=1S/C21H25ClN2O6S/c1-5-19(21(26)24-16-10-14(22)7-6-13(16)2)31(27,28)12-20(25)23-15-8-9-17(29-3)18(11-15)30-4/h6-11,19H,5,12H2,1-4H3,(H,23,25)(H,24,26). The minimum absolute atomic E-state index is 0.0113. The van der Waals surface area contributed by atoms with E-state index in [1.54, 1.807) is 38.1 Å². The summed E-state index contributed by atoms with van der Waals surface area (Å²) in [6.45, 7) is 3.33. The summed E-state index contributed by atoms with van der Waals surface area (Å²) in [5.41, 5.74) is 1.49. The minimum Gasteiger partial charge on any atom is -0.493 e. The van der Waals surface area contributed by atoms with Crippen molar-refractivity contribution in [2.24, 2.45) is 0 Å². The molecule has 1 atom stereocenters.